The lowest BCUT2D eigenvalue weighted by Crippen LogP contribution is -2.20. The lowest BCUT2D eigenvalue weighted by Gasteiger charge is -2.12. The zero-order valence-corrected chi connectivity index (χ0v) is 20.5. The summed E-state index contributed by atoms with van der Waals surface area (Å²) in [5, 5.41) is 18.9. The largest absolute Gasteiger partial charge is 0.465 e. The number of benzene rings is 1. The SMILES string of the molecule is COC(=O)c1c(NC(=S)Nc2ccc(Nc3ccc(Cl)nn3)cc2)sc2c1CCCCCC2. The Morgan fingerprint density at radius 1 is 1.00 bits per heavy atom. The molecule has 0 saturated heterocycles. The van der Waals surface area contributed by atoms with Crippen LogP contribution in [0.2, 0.25) is 5.15 Å². The molecular weight excluding hydrogens is 478 g/mol. The second-order valence-electron chi connectivity index (χ2n) is 7.64. The first-order valence-corrected chi connectivity index (χ1v) is 12.3. The van der Waals surface area contributed by atoms with Gasteiger partial charge in [0.1, 0.15) is 5.00 Å². The number of thiophene rings is 1. The molecule has 2 heterocycles. The van der Waals surface area contributed by atoms with Crippen molar-refractivity contribution in [2.24, 2.45) is 0 Å². The molecule has 33 heavy (non-hydrogen) atoms. The first kappa shape index (κ1) is 23.4. The molecule has 0 bridgehead atoms. The second kappa shape index (κ2) is 10.9. The molecule has 0 aliphatic heterocycles. The number of rotatable bonds is 5. The second-order valence-corrected chi connectivity index (χ2v) is 9.54. The van der Waals surface area contributed by atoms with Crippen LogP contribution in [0.1, 0.15) is 46.5 Å². The van der Waals surface area contributed by atoms with E-state index in [9.17, 15) is 4.79 Å². The number of methoxy groups -OCH3 is 1. The Bertz CT molecular complexity index is 1130. The number of fused-ring (bicyclic) bond motifs is 1. The van der Waals surface area contributed by atoms with E-state index in [4.69, 9.17) is 28.6 Å². The number of nitrogens with zero attached hydrogens (tertiary/aromatic N) is 2. The van der Waals surface area contributed by atoms with E-state index < -0.39 is 0 Å². The number of aryl methyl sites for hydroxylation is 1. The highest BCUT2D eigenvalue weighted by molar-refractivity contribution is 7.80. The predicted octanol–water partition coefficient (Wildman–Crippen LogP) is 6.19. The van der Waals surface area contributed by atoms with Crippen LogP contribution in [0.25, 0.3) is 0 Å². The molecule has 0 amide bonds. The number of esters is 1. The molecule has 2 aromatic heterocycles. The Balaban J connectivity index is 1.44. The first-order chi connectivity index (χ1) is 16.0. The number of aromatic nitrogens is 2. The van der Waals surface area contributed by atoms with Gasteiger partial charge in [0.25, 0.3) is 0 Å². The quantitative estimate of drug-likeness (QED) is 0.282. The van der Waals surface area contributed by atoms with Crippen molar-refractivity contribution in [2.45, 2.75) is 38.5 Å². The molecule has 3 N–H and O–H groups in total. The zero-order chi connectivity index (χ0) is 23.2. The molecular formula is C23H24ClN5O2S2. The molecule has 0 saturated carbocycles. The Morgan fingerprint density at radius 2 is 1.73 bits per heavy atom. The summed E-state index contributed by atoms with van der Waals surface area (Å²) in [4.78, 5) is 13.8. The summed E-state index contributed by atoms with van der Waals surface area (Å²) in [5.74, 6) is 0.278. The number of carbonyl (C=O) groups excluding carboxylic acids is 1. The monoisotopic (exact) mass is 501 g/mol. The van der Waals surface area contributed by atoms with Gasteiger partial charge in [-0.3, -0.25) is 0 Å². The van der Waals surface area contributed by atoms with Gasteiger partial charge < -0.3 is 20.7 Å². The average molecular weight is 502 g/mol. The minimum absolute atomic E-state index is 0.320. The van der Waals surface area contributed by atoms with Crippen LogP contribution in [0.3, 0.4) is 0 Å². The number of nitrogens with one attached hydrogen (secondary N) is 3. The fraction of sp³-hybridized carbons (Fsp3) is 0.304. The molecule has 0 atom stereocenters. The van der Waals surface area contributed by atoms with Crippen molar-refractivity contribution in [3.05, 3.63) is 57.6 Å². The molecule has 0 radical (unpaired) electrons. The van der Waals surface area contributed by atoms with Gasteiger partial charge in [0.05, 0.1) is 12.7 Å². The summed E-state index contributed by atoms with van der Waals surface area (Å²) in [6.07, 6.45) is 6.51. The fourth-order valence-corrected chi connectivity index (χ4v) is 5.43. The van der Waals surface area contributed by atoms with Crippen molar-refractivity contribution in [3.63, 3.8) is 0 Å². The van der Waals surface area contributed by atoms with Gasteiger partial charge in [-0.15, -0.1) is 21.5 Å². The van der Waals surface area contributed by atoms with Gasteiger partial charge in [-0.2, -0.15) is 0 Å². The third-order valence-electron chi connectivity index (χ3n) is 5.34. The van der Waals surface area contributed by atoms with Gasteiger partial charge in [-0.25, -0.2) is 4.79 Å². The molecule has 1 aliphatic carbocycles. The maximum Gasteiger partial charge on any atom is 0.341 e. The van der Waals surface area contributed by atoms with E-state index >= 15 is 0 Å². The highest BCUT2D eigenvalue weighted by atomic mass is 35.5. The van der Waals surface area contributed by atoms with Gasteiger partial charge in [0, 0.05) is 16.3 Å². The smallest absolute Gasteiger partial charge is 0.341 e. The molecule has 0 unspecified atom stereocenters. The summed E-state index contributed by atoms with van der Waals surface area (Å²) in [6.45, 7) is 0. The van der Waals surface area contributed by atoms with E-state index in [0.29, 0.717) is 21.6 Å². The van der Waals surface area contributed by atoms with E-state index in [0.717, 1.165) is 47.6 Å². The van der Waals surface area contributed by atoms with E-state index in [-0.39, 0.29) is 5.97 Å². The number of anilines is 4. The van der Waals surface area contributed by atoms with Crippen LogP contribution in [0.15, 0.2) is 36.4 Å². The minimum atomic E-state index is -0.320. The highest BCUT2D eigenvalue weighted by Crippen LogP contribution is 2.37. The Hall–Kier alpha value is -2.75. The molecule has 7 nitrogen and oxygen atoms in total. The summed E-state index contributed by atoms with van der Waals surface area (Å²) in [5.41, 5.74) is 3.39. The Labute approximate surface area is 206 Å². The van der Waals surface area contributed by atoms with Crippen LogP contribution in [-0.4, -0.2) is 28.4 Å². The molecule has 1 aliphatic rings. The minimum Gasteiger partial charge on any atom is -0.465 e. The number of halogens is 1. The molecule has 172 valence electrons. The van der Waals surface area contributed by atoms with Gasteiger partial charge in [-0.05, 0) is 79.9 Å². The summed E-state index contributed by atoms with van der Waals surface area (Å²) < 4.78 is 5.08. The Kier molecular flexibility index (Phi) is 7.74. The molecule has 0 spiro atoms. The van der Waals surface area contributed by atoms with Crippen LogP contribution in [0.4, 0.5) is 22.2 Å². The fourth-order valence-electron chi connectivity index (χ4n) is 3.76. The zero-order valence-electron chi connectivity index (χ0n) is 18.1. The van der Waals surface area contributed by atoms with Crippen molar-refractivity contribution in [1.82, 2.24) is 10.2 Å². The topological polar surface area (TPSA) is 88.2 Å². The molecule has 1 aromatic carbocycles. The maximum atomic E-state index is 12.6. The maximum absolute atomic E-state index is 12.6. The lowest BCUT2D eigenvalue weighted by atomic mass is 9.96. The van der Waals surface area contributed by atoms with Crippen LogP contribution >= 0.6 is 35.2 Å². The van der Waals surface area contributed by atoms with Crippen molar-refractivity contribution in [3.8, 4) is 0 Å². The number of thiocarbonyl (C=S) groups is 1. The molecule has 0 fully saturated rings. The van der Waals surface area contributed by atoms with E-state index in [1.165, 1.54) is 24.8 Å². The summed E-state index contributed by atoms with van der Waals surface area (Å²) >= 11 is 12.9. The van der Waals surface area contributed by atoms with Crippen molar-refractivity contribution in [1.29, 1.82) is 0 Å². The number of hydrogen-bond acceptors (Lipinski definition) is 7. The summed E-state index contributed by atoms with van der Waals surface area (Å²) in [7, 11) is 1.42. The van der Waals surface area contributed by atoms with Crippen LogP contribution < -0.4 is 16.0 Å². The van der Waals surface area contributed by atoms with Gasteiger partial charge in [0.2, 0.25) is 0 Å². The van der Waals surface area contributed by atoms with Crippen LogP contribution in [-0.2, 0) is 17.6 Å². The standard InChI is InChI=1S/C23H24ClN5O2S2/c1-31-22(30)20-16-6-4-2-3-5-7-17(16)33-21(20)27-23(32)26-15-10-8-14(9-11-15)25-19-13-12-18(24)28-29-19/h8-13H,2-7H2,1H3,(H,25,29)(H2,26,27,32). The van der Waals surface area contributed by atoms with Crippen LogP contribution in [0, 0.1) is 0 Å². The molecule has 3 aromatic rings. The van der Waals surface area contributed by atoms with Gasteiger partial charge in [0.15, 0.2) is 16.1 Å². The number of hydrogen-bond donors (Lipinski definition) is 3. The highest BCUT2D eigenvalue weighted by Gasteiger charge is 2.25. The van der Waals surface area contributed by atoms with E-state index in [1.54, 1.807) is 23.5 Å². The van der Waals surface area contributed by atoms with Gasteiger partial charge >= 0.3 is 5.97 Å². The first-order valence-electron chi connectivity index (χ1n) is 10.7. The average Bonchev–Trinajstić information content (AvgIpc) is 3.11. The third-order valence-corrected chi connectivity index (χ3v) is 6.95. The van der Waals surface area contributed by atoms with Crippen molar-refractivity contribution >= 4 is 68.4 Å². The number of carbonyl (C=O) groups is 1. The van der Waals surface area contributed by atoms with Crippen molar-refractivity contribution < 1.29 is 9.53 Å². The normalized spacial score (nSPS) is 13.3. The predicted molar refractivity (Wildman–Crippen MR) is 138 cm³/mol. The molecule has 10 heteroatoms. The van der Waals surface area contributed by atoms with Crippen molar-refractivity contribution in [2.75, 3.05) is 23.1 Å². The van der Waals surface area contributed by atoms with E-state index in [1.807, 2.05) is 24.3 Å². The Morgan fingerprint density at radius 3 is 2.42 bits per heavy atom. The van der Waals surface area contributed by atoms with Crippen LogP contribution in [0.5, 0.6) is 0 Å². The van der Waals surface area contributed by atoms with Gasteiger partial charge in [-0.1, -0.05) is 24.4 Å². The number of ether oxygens (including phenoxy) is 1. The lowest BCUT2D eigenvalue weighted by molar-refractivity contribution is 0.0601. The van der Waals surface area contributed by atoms with E-state index in [2.05, 4.69) is 26.1 Å². The third kappa shape index (κ3) is 5.98. The molecule has 4 rings (SSSR count). The summed E-state index contributed by atoms with van der Waals surface area (Å²) in [6, 6.07) is 11.0.